The lowest BCUT2D eigenvalue weighted by molar-refractivity contribution is 0.00578. The number of ketones is 1. The summed E-state index contributed by atoms with van der Waals surface area (Å²) in [5.41, 5.74) is 8.45. The number of ether oxygens (including phenoxy) is 2. The molecule has 0 saturated carbocycles. The summed E-state index contributed by atoms with van der Waals surface area (Å²) in [4.78, 5) is 13.1. The Balaban J connectivity index is 0.000000176. The number of aliphatic hydroxyl groups is 1. The number of benzene rings is 5. The predicted octanol–water partition coefficient (Wildman–Crippen LogP) is 17.1. The van der Waals surface area contributed by atoms with Gasteiger partial charge in [0.15, 0.2) is 5.78 Å². The molecule has 13 rings (SSSR count). The summed E-state index contributed by atoms with van der Waals surface area (Å²) in [6.07, 6.45) is 3.45. The van der Waals surface area contributed by atoms with Crippen LogP contribution in [0.5, 0.6) is 11.5 Å². The minimum atomic E-state index is -3.56. The molecule has 8 heterocycles. The van der Waals surface area contributed by atoms with Gasteiger partial charge in [-0.2, -0.15) is 4.31 Å². The first kappa shape index (κ1) is 103. The summed E-state index contributed by atoms with van der Waals surface area (Å²) in [6.45, 7) is 84.3. The number of piperidine rings is 1. The van der Waals surface area contributed by atoms with Gasteiger partial charge >= 0.3 is 35.6 Å². The van der Waals surface area contributed by atoms with E-state index in [2.05, 4.69) is 152 Å². The number of carbonyl (C=O) groups excluding carboxylic acids is 1. The minimum absolute atomic E-state index is 0.0318. The molecule has 2 unspecified atom stereocenters. The molecule has 5 aromatic rings. The molecule has 124 heavy (non-hydrogen) atoms. The van der Waals surface area contributed by atoms with Crippen molar-refractivity contribution in [2.45, 2.75) is 400 Å². The first-order valence-corrected chi connectivity index (χ1v) is 47.7. The molecule has 5 aromatic carbocycles. The minimum Gasteiger partial charge on any atom is -0.493 e. The van der Waals surface area contributed by atoms with Crippen LogP contribution in [0.4, 0.5) is 0 Å². The van der Waals surface area contributed by atoms with Gasteiger partial charge in [0.05, 0.1) is 90.7 Å². The molecule has 684 valence electrons. The van der Waals surface area contributed by atoms with Crippen LogP contribution in [0.3, 0.4) is 0 Å². The number of hydrogen-bond acceptors (Lipinski definition) is 18. The van der Waals surface area contributed by atoms with E-state index in [-0.39, 0.29) is 68.4 Å². The second-order valence-electron chi connectivity index (χ2n) is 45.4. The average Bonchev–Trinajstić information content (AvgIpc) is 1.51. The molecule has 6 fully saturated rings. The van der Waals surface area contributed by atoms with Gasteiger partial charge in [0, 0.05) is 37.5 Å². The molecule has 6 saturated heterocycles. The lowest BCUT2D eigenvalue weighted by Gasteiger charge is -2.34. The largest absolute Gasteiger partial charge is 0.494 e. The van der Waals surface area contributed by atoms with Crippen molar-refractivity contribution in [3.05, 3.63) is 130 Å². The molecule has 0 aliphatic carbocycles. The van der Waals surface area contributed by atoms with Crippen LogP contribution < -0.4 is 41.5 Å². The molecule has 2 N–H and O–H groups in total. The van der Waals surface area contributed by atoms with E-state index in [0.29, 0.717) is 54.5 Å². The van der Waals surface area contributed by atoms with Crippen LogP contribution in [0.1, 0.15) is 351 Å². The maximum atomic E-state index is 13.6. The van der Waals surface area contributed by atoms with Crippen LogP contribution in [0, 0.1) is 0 Å². The molecule has 8 aliphatic rings. The Kier molecular flexibility index (Phi) is 29.4. The van der Waals surface area contributed by atoms with E-state index in [1.54, 1.807) is 29.4 Å². The van der Waals surface area contributed by atoms with Crippen molar-refractivity contribution in [2.24, 2.45) is 0 Å². The van der Waals surface area contributed by atoms with Crippen molar-refractivity contribution in [1.29, 1.82) is 0 Å². The van der Waals surface area contributed by atoms with Crippen LogP contribution in [0.2, 0.25) is 0 Å². The van der Waals surface area contributed by atoms with Gasteiger partial charge < -0.3 is 61.1 Å². The Labute approximate surface area is 749 Å². The van der Waals surface area contributed by atoms with Crippen molar-refractivity contribution in [1.82, 2.24) is 9.03 Å². The van der Waals surface area contributed by atoms with Gasteiger partial charge in [-0.1, -0.05) is 190 Å². The first-order chi connectivity index (χ1) is 56.1. The molecule has 0 amide bonds. The molecular formula is C97H151B5N2O18S2. The standard InChI is InChI=1S/C22H36BNO4S.C19H29BO4.C19H27BO4.C19H29BO2.C18H30BNO4S/c1-16-11-9-10-14-24(16)29(25,26)19-13-12-17(15-18(19)20(2,3)4)23-27-21(5,6)22(7,8)28-23;2*1-17(2,3)14-11-12(10-13-15(21)8-9-22-16(13)14)20-23-18(4,5)19(6,7)24-20;1-13(2)14-10-15(17(3,4)5)12-16(11-14)20-21-18(6,7)19(8,9)22-20;1-9-20-25(21,22)15-11-10-13(12-14(15)16(2,3)4)19-23-17(5,6)18(7,8)24-19/h12-13,15-16H,9-11,14H2,1-8H3;10-11,15,21H,8-9H2,1-7H3;10-11H,8-9H2,1-7H3;10-12H,1H2,2-9H3;10-12,20H,9H2,1-8H3. The number of allylic oxidation sites excluding steroid dienone is 1. The smallest absolute Gasteiger partial charge is 0.493 e. The fraction of sp³-hybridized carbons (Fsp3) is 0.660. The van der Waals surface area contributed by atoms with E-state index in [1.165, 1.54) is 5.56 Å². The molecular weight excluding hydrogens is 1600 g/mol. The van der Waals surface area contributed by atoms with Gasteiger partial charge in [-0.15, -0.1) is 0 Å². The number of fused-ring (bicyclic) bond motifs is 2. The highest BCUT2D eigenvalue weighted by Crippen LogP contribution is 2.47. The Morgan fingerprint density at radius 2 is 0.790 bits per heavy atom. The molecule has 27 heteroatoms. The Hall–Kier alpha value is -5.19. The Bertz CT molecular complexity index is 4900. The zero-order valence-electron chi connectivity index (χ0n) is 82.8. The van der Waals surface area contributed by atoms with Crippen molar-refractivity contribution in [3.63, 3.8) is 0 Å². The molecule has 0 spiro atoms. The van der Waals surface area contributed by atoms with E-state index in [1.807, 2.05) is 176 Å². The SMILES string of the molecule is C=C(C)c1cc(B2OC(C)(C)C(C)(C)O2)cc(C(C)(C)C)c1.CC(C)(C)c1cc(B2OC(C)(C)C(C)(C)O2)cc2c1OCCC2=O.CC(C)(C)c1cc(B2OC(C)(C)C(C)(C)O2)cc2c1OCCC2O.CC1CCCCN1S(=O)(=O)c1ccc(B2OC(C)(C)C(C)(C)O2)cc1C(C)(C)C.CCNS(=O)(=O)c1ccc(B2OC(C)(C)C(C)(C)O2)cc1C(C)(C)C. The topological polar surface area (TPSA) is 232 Å². The third-order valence-electron chi connectivity index (χ3n) is 27.3. The number of nitrogens with zero attached hydrogens (tertiary/aromatic N) is 1. The zero-order valence-corrected chi connectivity index (χ0v) is 84.4. The fourth-order valence-corrected chi connectivity index (χ4v) is 19.0. The number of sulfonamides is 2. The Morgan fingerprint density at radius 3 is 1.16 bits per heavy atom. The summed E-state index contributed by atoms with van der Waals surface area (Å²) in [7, 11) is -9.36. The molecule has 20 nitrogen and oxygen atoms in total. The lowest BCUT2D eigenvalue weighted by atomic mass is 9.73. The average molecular weight is 1750 g/mol. The number of aliphatic hydroxyl groups excluding tert-OH is 1. The van der Waals surface area contributed by atoms with Crippen molar-refractivity contribution in [3.8, 4) is 11.5 Å². The molecule has 0 aromatic heterocycles. The van der Waals surface area contributed by atoms with E-state index in [9.17, 15) is 26.7 Å². The third kappa shape index (κ3) is 22.0. The van der Waals surface area contributed by atoms with Crippen LogP contribution >= 0.6 is 0 Å². The second kappa shape index (κ2) is 35.5. The highest BCUT2D eigenvalue weighted by molar-refractivity contribution is 7.89. The summed E-state index contributed by atoms with van der Waals surface area (Å²) in [6, 6.07) is 25.5. The monoisotopic (exact) mass is 1750 g/mol. The summed E-state index contributed by atoms with van der Waals surface area (Å²) < 4.78 is 130. The van der Waals surface area contributed by atoms with Crippen LogP contribution in [-0.2, 0) is 93.7 Å². The number of nitrogens with one attached hydrogen (secondary N) is 1. The second-order valence-corrected chi connectivity index (χ2v) is 49.0. The number of rotatable bonds is 11. The third-order valence-corrected chi connectivity index (χ3v) is 30.9. The van der Waals surface area contributed by atoms with E-state index < -0.39 is 88.2 Å². The zero-order chi connectivity index (χ0) is 93.8. The predicted molar refractivity (Wildman–Crippen MR) is 507 cm³/mol. The highest BCUT2D eigenvalue weighted by Gasteiger charge is 2.57. The van der Waals surface area contributed by atoms with E-state index >= 15 is 0 Å². The van der Waals surface area contributed by atoms with Crippen molar-refractivity contribution < 1.29 is 82.8 Å². The Morgan fingerprint density at radius 1 is 0.444 bits per heavy atom. The summed E-state index contributed by atoms with van der Waals surface area (Å²) in [5, 5.41) is 10.5. The van der Waals surface area contributed by atoms with E-state index in [0.717, 1.165) is 97.0 Å². The van der Waals surface area contributed by atoms with Gasteiger partial charge in [0.2, 0.25) is 20.0 Å². The molecule has 0 bridgehead atoms. The fourth-order valence-electron chi connectivity index (χ4n) is 15.5. The van der Waals surface area contributed by atoms with Crippen LogP contribution in [0.15, 0.2) is 95.2 Å². The number of Topliss-reactive ketones (excluding diaryl/α,β-unsaturated/α-hetero) is 1. The molecule has 0 radical (unpaired) electrons. The van der Waals surface area contributed by atoms with Gasteiger partial charge in [-0.05, 0) is 271 Å². The van der Waals surface area contributed by atoms with Crippen LogP contribution in [0.25, 0.3) is 5.57 Å². The molecule has 8 aliphatic heterocycles. The van der Waals surface area contributed by atoms with Gasteiger partial charge in [0.1, 0.15) is 11.5 Å². The van der Waals surface area contributed by atoms with Crippen molar-refractivity contribution in [2.75, 3.05) is 26.3 Å². The first-order valence-electron chi connectivity index (χ1n) is 44.8. The lowest BCUT2D eigenvalue weighted by Crippen LogP contribution is -2.43. The van der Waals surface area contributed by atoms with E-state index in [4.69, 9.17) is 56.0 Å². The maximum absolute atomic E-state index is 13.6. The number of hydrogen-bond donors (Lipinski definition) is 2. The van der Waals surface area contributed by atoms with Gasteiger partial charge in [0.25, 0.3) is 0 Å². The highest BCUT2D eigenvalue weighted by atomic mass is 32.2. The quantitative estimate of drug-likeness (QED) is 0.117. The van der Waals surface area contributed by atoms with Crippen molar-refractivity contribution >= 4 is 94.3 Å². The summed E-state index contributed by atoms with van der Waals surface area (Å²) in [5.74, 6) is 1.67. The normalized spacial score (nSPS) is 22.8. The number of carbonyl (C=O) groups is 1. The summed E-state index contributed by atoms with van der Waals surface area (Å²) >= 11 is 0. The van der Waals surface area contributed by atoms with Crippen LogP contribution in [-0.4, -0.2) is 156 Å². The molecule has 2 atom stereocenters. The van der Waals surface area contributed by atoms with Gasteiger partial charge in [-0.25, -0.2) is 21.6 Å². The maximum Gasteiger partial charge on any atom is 0.494 e. The van der Waals surface area contributed by atoms with Gasteiger partial charge in [-0.3, -0.25) is 4.79 Å².